The van der Waals surface area contributed by atoms with E-state index in [0.717, 1.165) is 0 Å². The van der Waals surface area contributed by atoms with E-state index in [1.165, 1.54) is 0 Å². The van der Waals surface area contributed by atoms with E-state index in [1.807, 2.05) is 12.1 Å². The van der Waals surface area contributed by atoms with E-state index in [2.05, 4.69) is 25.4 Å². The average molecular weight is 127 g/mol. The van der Waals surface area contributed by atoms with Gasteiger partial charge >= 0.3 is 0 Å². The largest absolute Gasteiger partial charge is 0.202 e. The van der Waals surface area contributed by atoms with Gasteiger partial charge in [-0.15, -0.1) is 0 Å². The minimum atomic E-state index is 1.88. The van der Waals surface area contributed by atoms with Crippen LogP contribution in [0.4, 0.5) is 0 Å². The van der Waals surface area contributed by atoms with Gasteiger partial charge in [-0.2, -0.15) is 5.26 Å². The van der Waals surface area contributed by atoms with E-state index in [1.54, 1.807) is 0 Å². The first-order chi connectivity index (χ1) is 4.41. The Morgan fingerprint density at radius 1 is 1.56 bits per heavy atom. The maximum Gasteiger partial charge on any atom is 0.0748 e. The number of hydrogen-bond donors (Lipinski definition) is 1. The summed E-state index contributed by atoms with van der Waals surface area (Å²) in [5, 5.41) is 15.7. The highest BCUT2D eigenvalue weighted by molar-refractivity contribution is 4.93. The van der Waals surface area contributed by atoms with Crippen LogP contribution in [-0.4, -0.2) is 5.26 Å². The lowest BCUT2D eigenvalue weighted by atomic mass is 11.1. The van der Waals surface area contributed by atoms with Gasteiger partial charge in [0.2, 0.25) is 0 Å². The van der Waals surface area contributed by atoms with Crippen molar-refractivity contribution in [2.75, 3.05) is 0 Å². The zero-order chi connectivity index (χ0) is 6.95. The Bertz CT molecular complexity index is 193. The monoisotopic (exact) mass is 127 g/mol. The molecule has 0 aliphatic rings. The summed E-state index contributed by atoms with van der Waals surface area (Å²) in [6.07, 6.45) is 0. The van der Waals surface area contributed by atoms with Crippen molar-refractivity contribution in [3.05, 3.63) is 10.4 Å². The fourth-order valence-electron chi connectivity index (χ4n) is 0.106. The van der Waals surface area contributed by atoms with Crippen molar-refractivity contribution in [1.82, 2.24) is 0 Å². The van der Waals surface area contributed by atoms with Crippen molar-refractivity contribution >= 4 is 0 Å². The zero-order valence-electron chi connectivity index (χ0n) is 4.09. The Hall–Kier alpha value is -1.77. The van der Waals surface area contributed by atoms with E-state index >= 15 is 0 Å². The molecule has 0 aromatic carbocycles. The Labute approximate surface area is 49.5 Å². The van der Waals surface area contributed by atoms with Crippen LogP contribution in [0.1, 0.15) is 0 Å². The van der Waals surface area contributed by atoms with Gasteiger partial charge in [0.1, 0.15) is 0 Å². The van der Waals surface area contributed by atoms with Crippen LogP contribution < -0.4 is 0 Å². The second-order valence-electron chi connectivity index (χ2n) is 0.676. The molecule has 0 aromatic heterocycles. The molecule has 0 aliphatic carbocycles. The summed E-state index contributed by atoms with van der Waals surface area (Å²) in [5.41, 5.74) is 7.63. The topological polar surface area (TPSA) is 103 Å². The lowest BCUT2D eigenvalue weighted by Gasteiger charge is -1.69. The molecule has 46 valence electrons. The maximum atomic E-state index is 7.63. The third-order valence-corrected chi connectivity index (χ3v) is 0.272. The van der Waals surface area contributed by atoms with Gasteiger partial charge < -0.3 is 0 Å². The fraction of sp³-hybridized carbons (Fsp3) is 0. The average Bonchev–Trinajstić information content (AvgIpc) is 1.89. The number of nitrogens with zero attached hydrogens (tertiary/aromatic N) is 5. The van der Waals surface area contributed by atoms with E-state index < -0.39 is 0 Å². The first-order valence-corrected chi connectivity index (χ1v) is 1.66. The Balaban J connectivity index is 3.61. The number of azide groups is 1. The molecule has 1 N–H and O–H groups in total. The third kappa shape index (κ3) is 6.23. The summed E-state index contributed by atoms with van der Waals surface area (Å²) in [7, 11) is 0. The van der Waals surface area contributed by atoms with Crippen molar-refractivity contribution in [1.29, 1.82) is 0 Å². The van der Waals surface area contributed by atoms with E-state index in [9.17, 15) is 0 Å². The van der Waals surface area contributed by atoms with Gasteiger partial charge in [0.25, 0.3) is 0 Å². The smallest absolute Gasteiger partial charge is 0.0748 e. The normalized spacial score (nSPS) is 7.22. The van der Waals surface area contributed by atoms with Crippen LogP contribution in [0.25, 0.3) is 10.4 Å². The molecule has 7 heteroatoms. The molecule has 0 bridgehead atoms. The molecule has 0 atom stereocenters. The number of hydrogen-bond acceptors (Lipinski definition) is 5. The molecular formula is C2HN5O2. The summed E-state index contributed by atoms with van der Waals surface area (Å²) in [6.45, 7) is 0. The van der Waals surface area contributed by atoms with Gasteiger partial charge in [0.15, 0.2) is 0 Å². The summed E-state index contributed by atoms with van der Waals surface area (Å²) < 4.78 is 0. The lowest BCUT2D eigenvalue weighted by Crippen LogP contribution is -1.61. The number of rotatable bonds is 1. The first-order valence-electron chi connectivity index (χ1n) is 1.66. The van der Waals surface area contributed by atoms with Crippen LogP contribution in [-0.2, 0) is 4.99 Å². The van der Waals surface area contributed by atoms with E-state index in [-0.39, 0.29) is 0 Å². The predicted octanol–water partition coefficient (Wildman–Crippen LogP) is 1.07. The third-order valence-electron chi connectivity index (χ3n) is 0.272. The SMILES string of the molecule is [N-]=[N+]=NC#C/N=N/OO. The van der Waals surface area contributed by atoms with Gasteiger partial charge in [-0.25, -0.2) is 4.99 Å². The van der Waals surface area contributed by atoms with Crippen molar-refractivity contribution in [2.45, 2.75) is 0 Å². The molecule has 0 radical (unpaired) electrons. The van der Waals surface area contributed by atoms with Crippen molar-refractivity contribution in [3.8, 4) is 12.1 Å². The van der Waals surface area contributed by atoms with Gasteiger partial charge in [-0.3, -0.25) is 0 Å². The molecule has 0 rings (SSSR count). The second kappa shape index (κ2) is 6.23. The van der Waals surface area contributed by atoms with Crippen molar-refractivity contribution in [2.24, 2.45) is 15.5 Å². The van der Waals surface area contributed by atoms with E-state index in [4.69, 9.17) is 10.8 Å². The van der Waals surface area contributed by atoms with Crippen LogP contribution in [0.5, 0.6) is 0 Å². The standard InChI is InChI=1S/C2HN5O2/c3-6-4-1-2-5-7-9-8/h8H/b7-5+. The summed E-state index contributed by atoms with van der Waals surface area (Å²) >= 11 is 0. The van der Waals surface area contributed by atoms with Crippen molar-refractivity contribution < 1.29 is 10.2 Å². The Kier molecular flexibility index (Phi) is 5.00. The maximum absolute atomic E-state index is 7.63. The van der Waals surface area contributed by atoms with Crippen LogP contribution in [0, 0.1) is 12.1 Å². The molecule has 0 heterocycles. The molecule has 0 aliphatic heterocycles. The Morgan fingerprint density at radius 2 is 2.33 bits per heavy atom. The van der Waals surface area contributed by atoms with Crippen LogP contribution in [0.15, 0.2) is 15.5 Å². The fourth-order valence-corrected chi connectivity index (χ4v) is 0.106. The summed E-state index contributed by atoms with van der Waals surface area (Å²) in [6, 6.07) is 3.77. The molecule has 0 spiro atoms. The molecular weight excluding hydrogens is 126 g/mol. The van der Waals surface area contributed by atoms with E-state index in [0.29, 0.717) is 0 Å². The molecule has 0 amide bonds. The van der Waals surface area contributed by atoms with Gasteiger partial charge in [-0.1, -0.05) is 5.11 Å². The van der Waals surface area contributed by atoms with Crippen LogP contribution >= 0.6 is 0 Å². The molecule has 7 nitrogen and oxygen atoms in total. The molecule has 9 heavy (non-hydrogen) atoms. The first kappa shape index (κ1) is 7.23. The summed E-state index contributed by atoms with van der Waals surface area (Å²) in [5.74, 6) is 0. The van der Waals surface area contributed by atoms with Gasteiger partial charge in [0.05, 0.1) is 11.3 Å². The highest BCUT2D eigenvalue weighted by atomic mass is 17.2. The molecule has 0 fully saturated rings. The minimum absolute atomic E-state index is 1.88. The van der Waals surface area contributed by atoms with Gasteiger partial charge in [-0.05, 0) is 10.6 Å². The lowest BCUT2D eigenvalue weighted by molar-refractivity contribution is -0.250. The minimum Gasteiger partial charge on any atom is -0.202 e. The molecule has 0 aromatic rings. The van der Waals surface area contributed by atoms with Crippen LogP contribution in [0.3, 0.4) is 0 Å². The highest BCUT2D eigenvalue weighted by Crippen LogP contribution is 1.70. The van der Waals surface area contributed by atoms with Crippen molar-refractivity contribution in [3.63, 3.8) is 0 Å². The zero-order valence-corrected chi connectivity index (χ0v) is 4.09. The second-order valence-corrected chi connectivity index (χ2v) is 0.676. The molecule has 0 saturated heterocycles. The van der Waals surface area contributed by atoms with Crippen LogP contribution in [0.2, 0.25) is 0 Å². The molecule has 0 unspecified atom stereocenters. The van der Waals surface area contributed by atoms with Gasteiger partial charge in [0, 0.05) is 11.0 Å². The Morgan fingerprint density at radius 3 is 2.89 bits per heavy atom. The highest BCUT2D eigenvalue weighted by Gasteiger charge is 1.60. The quantitative estimate of drug-likeness (QED) is 0.142. The molecule has 0 saturated carbocycles. The predicted molar refractivity (Wildman–Crippen MR) is 25.5 cm³/mol. The summed E-state index contributed by atoms with van der Waals surface area (Å²) in [4.78, 5) is 5.42.